The lowest BCUT2D eigenvalue weighted by molar-refractivity contribution is -0.174. The van der Waals surface area contributed by atoms with E-state index < -0.39 is 77.6 Å². The maximum Gasteiger partial charge on any atom is 0.488 e. The highest BCUT2D eigenvalue weighted by atomic mass is 19.1. The van der Waals surface area contributed by atoms with E-state index in [-0.39, 0.29) is 40.6 Å². The first-order chi connectivity index (χ1) is 27.5. The Balaban J connectivity index is 0.000000162. The van der Waals surface area contributed by atoms with Crippen LogP contribution in [0, 0.1) is 35.1 Å². The summed E-state index contributed by atoms with van der Waals surface area (Å²) >= 11 is 0. The second-order valence-corrected chi connectivity index (χ2v) is 17.0. The normalized spacial score (nSPS) is 23.5. The van der Waals surface area contributed by atoms with Crippen molar-refractivity contribution in [2.45, 2.75) is 103 Å². The van der Waals surface area contributed by atoms with Gasteiger partial charge in [0.2, 0.25) is 0 Å². The Morgan fingerprint density at radius 3 is 1.58 bits per heavy atom. The highest BCUT2D eigenvalue weighted by molar-refractivity contribution is 6.58. The molecule has 0 bridgehead atoms. The molecule has 3 heterocycles. The van der Waals surface area contributed by atoms with Crippen LogP contribution in [0.5, 0.6) is 0 Å². The number of hydroxylamine groups is 2. The van der Waals surface area contributed by atoms with Crippen molar-refractivity contribution >= 4 is 42.6 Å². The van der Waals surface area contributed by atoms with E-state index in [1.807, 2.05) is 20.8 Å². The minimum Gasteiger partial charge on any atom is -0.444 e. The van der Waals surface area contributed by atoms with Crippen LogP contribution in [-0.4, -0.2) is 91.3 Å². The fourth-order valence-electron chi connectivity index (χ4n) is 7.47. The molecule has 3 aromatic carbocycles. The van der Waals surface area contributed by atoms with Crippen molar-refractivity contribution in [1.29, 1.82) is 0 Å². The van der Waals surface area contributed by atoms with E-state index in [0.717, 1.165) is 37.5 Å². The molecule has 18 heteroatoms. The summed E-state index contributed by atoms with van der Waals surface area (Å²) in [5.74, 6) is -4.41. The summed E-state index contributed by atoms with van der Waals surface area (Å²) in [6.45, 7) is 10.7. The van der Waals surface area contributed by atoms with Gasteiger partial charge in [-0.15, -0.1) is 0 Å². The van der Waals surface area contributed by atoms with Gasteiger partial charge in [0.15, 0.2) is 0 Å². The van der Waals surface area contributed by atoms with Crippen molar-refractivity contribution in [1.82, 2.24) is 14.9 Å². The van der Waals surface area contributed by atoms with Crippen LogP contribution in [0.25, 0.3) is 0 Å². The Bertz CT molecular complexity index is 2090. The van der Waals surface area contributed by atoms with Crippen molar-refractivity contribution < 1.29 is 65.9 Å². The molecule has 0 radical (unpaired) electrons. The number of imide groups is 1. The van der Waals surface area contributed by atoms with Gasteiger partial charge in [-0.05, 0) is 126 Å². The molecule has 8 rings (SSSR count). The lowest BCUT2D eigenvalue weighted by atomic mass is 9.80. The zero-order valence-corrected chi connectivity index (χ0v) is 33.2. The molecule has 6 atom stereocenters. The van der Waals surface area contributed by atoms with Gasteiger partial charge in [-0.2, -0.15) is 0 Å². The number of carbonyl (C=O) groups is 5. The summed E-state index contributed by atoms with van der Waals surface area (Å²) in [6.07, 6.45) is 1.96. The van der Waals surface area contributed by atoms with Gasteiger partial charge in [0.05, 0.1) is 17.2 Å². The zero-order valence-electron chi connectivity index (χ0n) is 33.2. The van der Waals surface area contributed by atoms with Gasteiger partial charge >= 0.3 is 25.3 Å². The molecule has 314 valence electrons. The molecule has 6 unspecified atom stereocenters. The van der Waals surface area contributed by atoms with Gasteiger partial charge in [0.1, 0.15) is 40.5 Å². The summed E-state index contributed by atoms with van der Waals surface area (Å²) in [5, 5.41) is 17.5. The van der Waals surface area contributed by atoms with Crippen LogP contribution in [0.15, 0.2) is 60.7 Å². The molecule has 13 nitrogen and oxygen atoms in total. The molecule has 0 aromatic heterocycles. The predicted octanol–water partition coefficient (Wildman–Crippen LogP) is 5.82. The molecule has 3 aliphatic heterocycles. The molecule has 0 spiro atoms. The van der Waals surface area contributed by atoms with Crippen molar-refractivity contribution in [2.24, 2.45) is 11.8 Å². The summed E-state index contributed by atoms with van der Waals surface area (Å²) < 4.78 is 62.3. The minimum atomic E-state index is -1.83. The number of likely N-dealkylation sites (tertiary alicyclic amines) is 2. The molecule has 3 aromatic rings. The maximum absolute atomic E-state index is 13.4. The van der Waals surface area contributed by atoms with Crippen LogP contribution in [0.4, 0.5) is 27.2 Å². The van der Waals surface area contributed by atoms with E-state index in [4.69, 9.17) is 24.4 Å². The maximum atomic E-state index is 13.4. The number of benzene rings is 3. The number of hydrogen-bond acceptors (Lipinski definition) is 10. The number of carbonyl (C=O) groups excluding carboxylic acids is 5. The highest BCUT2D eigenvalue weighted by Crippen LogP contribution is 2.54. The lowest BCUT2D eigenvalue weighted by Gasteiger charge is -2.30. The summed E-state index contributed by atoms with van der Waals surface area (Å²) in [4.78, 5) is 70.4. The number of piperidine rings is 2. The average Bonchev–Trinajstić information content (AvgIpc) is 3.97. The number of amides is 4. The van der Waals surface area contributed by atoms with Crippen LogP contribution in [-0.2, 0) is 19.1 Å². The van der Waals surface area contributed by atoms with Gasteiger partial charge in [-0.3, -0.25) is 19.4 Å². The third-order valence-corrected chi connectivity index (χ3v) is 10.1. The quantitative estimate of drug-likeness (QED) is 0.186. The largest absolute Gasteiger partial charge is 0.488 e. The summed E-state index contributed by atoms with van der Waals surface area (Å²) in [6, 6.07) is 11.0. The third kappa shape index (κ3) is 10.0. The fourth-order valence-corrected chi connectivity index (χ4v) is 7.47. The second-order valence-electron chi connectivity index (χ2n) is 17.0. The summed E-state index contributed by atoms with van der Waals surface area (Å²) in [5.41, 5.74) is -0.585. The Morgan fingerprint density at radius 2 is 1.10 bits per heavy atom. The van der Waals surface area contributed by atoms with Crippen molar-refractivity contribution in [3.05, 3.63) is 101 Å². The van der Waals surface area contributed by atoms with Crippen LogP contribution >= 0.6 is 0 Å². The topological polar surface area (TPSA) is 163 Å². The minimum absolute atomic E-state index is 0.0559. The van der Waals surface area contributed by atoms with Gasteiger partial charge in [-0.1, -0.05) is 17.2 Å². The Kier molecular flexibility index (Phi) is 11.9. The SMILES string of the molecule is CC(C)(C)OC(=O)N1C(C(=O)ON2C(=O)c3ccccc3C2=O)CC2CC21.CC(C)(C)OC(=O)N1C(c2cc(F)cc(F)c2)CC2CC21.OB(O)c1cc(F)cc(F)c1. The van der Waals surface area contributed by atoms with Crippen LogP contribution < -0.4 is 5.46 Å². The first-order valence-electron chi connectivity index (χ1n) is 19.0. The van der Waals surface area contributed by atoms with E-state index in [2.05, 4.69) is 0 Å². The summed E-state index contributed by atoms with van der Waals surface area (Å²) in [7, 11) is -1.83. The molecule has 5 aliphatic rings. The highest BCUT2D eigenvalue weighted by Gasteiger charge is 2.59. The molecule has 4 fully saturated rings. The molecule has 2 saturated carbocycles. The van der Waals surface area contributed by atoms with E-state index in [1.165, 1.54) is 29.2 Å². The van der Waals surface area contributed by atoms with Crippen molar-refractivity contribution in [3.8, 4) is 0 Å². The lowest BCUT2D eigenvalue weighted by Crippen LogP contribution is -2.48. The predicted molar refractivity (Wildman–Crippen MR) is 201 cm³/mol. The number of halogens is 4. The molecular weight excluding hydrogens is 781 g/mol. The second kappa shape index (κ2) is 16.3. The molecule has 4 amide bonds. The molecule has 2 N–H and O–H groups in total. The van der Waals surface area contributed by atoms with E-state index >= 15 is 0 Å². The van der Waals surface area contributed by atoms with E-state index in [9.17, 15) is 41.5 Å². The third-order valence-electron chi connectivity index (χ3n) is 10.1. The van der Waals surface area contributed by atoms with Gasteiger partial charge < -0.3 is 24.4 Å². The Labute approximate surface area is 337 Å². The van der Waals surface area contributed by atoms with Gasteiger partial charge in [-0.25, -0.2) is 31.9 Å². The number of ether oxygens (including phenoxy) is 2. The van der Waals surface area contributed by atoms with Crippen LogP contribution in [0.1, 0.15) is 99.5 Å². The fraction of sp³-hybridized carbons (Fsp3) is 0.439. The Hall–Kier alpha value is -5.49. The number of fused-ring (bicyclic) bond motifs is 3. The van der Waals surface area contributed by atoms with Crippen molar-refractivity contribution in [2.75, 3.05) is 0 Å². The van der Waals surface area contributed by atoms with E-state index in [0.29, 0.717) is 29.0 Å². The Morgan fingerprint density at radius 1 is 0.661 bits per heavy atom. The monoisotopic (exact) mass is 825 g/mol. The van der Waals surface area contributed by atoms with Gasteiger partial charge in [0.25, 0.3) is 11.8 Å². The van der Waals surface area contributed by atoms with E-state index in [1.54, 1.807) is 37.8 Å². The molecular formula is C41H44BF4N3O10. The number of nitrogens with zero attached hydrogens (tertiary/aromatic N) is 3. The first-order valence-corrected chi connectivity index (χ1v) is 19.0. The molecule has 2 aliphatic carbocycles. The first kappa shape index (κ1) is 43.1. The van der Waals surface area contributed by atoms with Crippen molar-refractivity contribution in [3.63, 3.8) is 0 Å². The smallest absolute Gasteiger partial charge is 0.444 e. The molecule has 2 saturated heterocycles. The van der Waals surface area contributed by atoms with Crippen LogP contribution in [0.3, 0.4) is 0 Å². The van der Waals surface area contributed by atoms with Gasteiger partial charge in [0, 0.05) is 24.2 Å². The average molecular weight is 826 g/mol. The standard InChI is InChI=1S/C19H20N2O6.C16H19F2NO2.C6H5BF2O2/c1-19(2,3)26-18(25)20-13-8-10(13)9-14(20)17(24)27-21-15(22)11-6-4-5-7-12(11)16(21)23;1-16(2,3)21-15(20)19-13(6-10-7-14(10)19)9-4-11(17)8-12(18)5-9;8-5-1-4(7(10)11)2-6(9)3-5/h4-7,10,13-14H,8-9H2,1-3H3;4-5,8,10,13-14H,6-7H2,1-3H3;1-3,10-11H. The van der Waals surface area contributed by atoms with Crippen LogP contribution in [0.2, 0.25) is 0 Å². The zero-order chi connectivity index (χ0) is 43.3. The number of rotatable bonds is 4. The number of hydrogen-bond donors (Lipinski definition) is 2. The molecule has 59 heavy (non-hydrogen) atoms.